The molecule has 0 fully saturated rings. The van der Waals surface area contributed by atoms with Crippen LogP contribution in [0.1, 0.15) is 22.3 Å². The molecule has 0 unspecified atom stereocenters. The van der Waals surface area contributed by atoms with Crippen LogP contribution >= 0.6 is 0 Å². The molecule has 2 aromatic heterocycles. The Balaban J connectivity index is 1.29. The molecule has 1 aliphatic rings. The maximum absolute atomic E-state index is 5.32. The van der Waals surface area contributed by atoms with Crippen molar-refractivity contribution in [1.29, 1.82) is 0 Å². The van der Waals surface area contributed by atoms with Crippen LogP contribution in [0.2, 0.25) is 0 Å². The first-order valence-electron chi connectivity index (χ1n) is 21.9. The molecule has 0 saturated heterocycles. The number of nitrogens with zero attached hydrogens (tertiary/aromatic N) is 3. The molecule has 0 N–H and O–H groups in total. The molecule has 11 aromatic rings. The minimum absolute atomic E-state index is 0.177. The van der Waals surface area contributed by atoms with Crippen molar-refractivity contribution < 1.29 is 0 Å². The SMILES string of the molecule is Cc1cc2c(c(-c3nnnc(-c4c(-c5ccccc5)ccc(-c5ccccc5)c4-c4cccc5[se]c6ccccc6c45)c3-c3ccccc3-c3ccccc3)c1C)Cc1ccccc1-2. The van der Waals surface area contributed by atoms with E-state index in [0.717, 1.165) is 79.0 Å². The monoisotopic (exact) mass is 883 g/mol. The molecule has 3 nitrogen and oxygen atoms in total. The fourth-order valence-electron chi connectivity index (χ4n) is 10.2. The summed E-state index contributed by atoms with van der Waals surface area (Å²) in [6.45, 7) is 4.49. The number of hydrogen-bond donors (Lipinski definition) is 0. The van der Waals surface area contributed by atoms with Crippen molar-refractivity contribution in [2.45, 2.75) is 20.3 Å². The van der Waals surface area contributed by atoms with Crippen molar-refractivity contribution in [3.63, 3.8) is 0 Å². The maximum atomic E-state index is 5.32. The molecule has 2 heterocycles. The van der Waals surface area contributed by atoms with Gasteiger partial charge in [0.15, 0.2) is 0 Å². The van der Waals surface area contributed by atoms with Crippen LogP contribution in [0, 0.1) is 13.8 Å². The Morgan fingerprint density at radius 1 is 0.391 bits per heavy atom. The Bertz CT molecular complexity index is 3590. The summed E-state index contributed by atoms with van der Waals surface area (Å²) in [6.07, 6.45) is 0.822. The minimum atomic E-state index is 0.177. The van der Waals surface area contributed by atoms with Gasteiger partial charge in [-0.05, 0) is 0 Å². The zero-order valence-electron chi connectivity index (χ0n) is 35.5. The Hall–Kier alpha value is -7.49. The van der Waals surface area contributed by atoms with E-state index in [1.807, 2.05) is 0 Å². The van der Waals surface area contributed by atoms with Gasteiger partial charge in [-0.15, -0.1) is 0 Å². The molecule has 0 aliphatic heterocycles. The zero-order chi connectivity index (χ0) is 42.7. The van der Waals surface area contributed by atoms with Gasteiger partial charge in [0.25, 0.3) is 0 Å². The van der Waals surface area contributed by atoms with E-state index >= 15 is 0 Å². The third-order valence-corrected chi connectivity index (χ3v) is 15.6. The van der Waals surface area contributed by atoms with Gasteiger partial charge in [0, 0.05) is 0 Å². The Labute approximate surface area is 379 Å². The van der Waals surface area contributed by atoms with Crippen LogP contribution in [-0.4, -0.2) is 29.9 Å². The van der Waals surface area contributed by atoms with E-state index in [9.17, 15) is 0 Å². The van der Waals surface area contributed by atoms with Crippen LogP contribution < -0.4 is 0 Å². The molecule has 0 atom stereocenters. The van der Waals surface area contributed by atoms with Crippen molar-refractivity contribution in [3.8, 4) is 89.3 Å². The van der Waals surface area contributed by atoms with Gasteiger partial charge in [0.1, 0.15) is 0 Å². The molecule has 0 amide bonds. The summed E-state index contributed by atoms with van der Waals surface area (Å²) in [4.78, 5) is 0. The molecule has 4 heteroatoms. The normalized spacial score (nSPS) is 11.8. The second-order valence-electron chi connectivity index (χ2n) is 16.7. The summed E-state index contributed by atoms with van der Waals surface area (Å²) in [6, 6.07) is 72.9. The zero-order valence-corrected chi connectivity index (χ0v) is 37.2. The quantitative estimate of drug-likeness (QED) is 0.150. The molecular weight excluding hydrogens is 842 g/mol. The number of fused-ring (bicyclic) bond motifs is 6. The summed E-state index contributed by atoms with van der Waals surface area (Å²) in [5.41, 5.74) is 22.6. The van der Waals surface area contributed by atoms with Gasteiger partial charge in [0.2, 0.25) is 0 Å². The predicted octanol–water partition coefficient (Wildman–Crippen LogP) is 15.1. The average molecular weight is 883 g/mol. The molecule has 302 valence electrons. The van der Waals surface area contributed by atoms with Gasteiger partial charge in [-0.2, -0.15) is 0 Å². The molecule has 9 aromatic carbocycles. The van der Waals surface area contributed by atoms with Crippen molar-refractivity contribution in [2.75, 3.05) is 0 Å². The first-order valence-corrected chi connectivity index (χ1v) is 23.6. The molecule has 12 rings (SSSR count). The average Bonchev–Trinajstić information content (AvgIpc) is 3.93. The van der Waals surface area contributed by atoms with Crippen LogP contribution in [0.3, 0.4) is 0 Å². The topological polar surface area (TPSA) is 38.7 Å². The summed E-state index contributed by atoms with van der Waals surface area (Å²) < 4.78 is 2.80. The van der Waals surface area contributed by atoms with E-state index in [4.69, 9.17) is 15.4 Å². The molecule has 1 aliphatic carbocycles. The molecular formula is C60H41N3Se. The third-order valence-electron chi connectivity index (χ3n) is 13.2. The Morgan fingerprint density at radius 3 is 1.62 bits per heavy atom. The smallest absolute Gasteiger partial charge is 0.0619 e. The second kappa shape index (κ2) is 15.7. The van der Waals surface area contributed by atoms with Gasteiger partial charge in [-0.1, -0.05) is 30.3 Å². The number of aryl methyl sites for hydroxylation is 1. The van der Waals surface area contributed by atoms with E-state index < -0.39 is 0 Å². The van der Waals surface area contributed by atoms with E-state index in [0.29, 0.717) is 0 Å². The predicted molar refractivity (Wildman–Crippen MR) is 268 cm³/mol. The minimum Gasteiger partial charge on any atom is -0.0619 e. The number of benzene rings is 9. The van der Waals surface area contributed by atoms with Gasteiger partial charge >= 0.3 is 351 Å². The van der Waals surface area contributed by atoms with Gasteiger partial charge in [-0.3, -0.25) is 0 Å². The fraction of sp³-hybridized carbons (Fsp3) is 0.0500. The second-order valence-corrected chi connectivity index (χ2v) is 19.0. The number of rotatable bonds is 7. The van der Waals surface area contributed by atoms with E-state index in [1.165, 1.54) is 58.2 Å². The van der Waals surface area contributed by atoms with Crippen LogP contribution in [-0.2, 0) is 6.42 Å². The van der Waals surface area contributed by atoms with Crippen molar-refractivity contribution in [1.82, 2.24) is 15.4 Å². The van der Waals surface area contributed by atoms with Crippen LogP contribution in [0.15, 0.2) is 200 Å². The number of hydrogen-bond acceptors (Lipinski definition) is 3. The summed E-state index contributed by atoms with van der Waals surface area (Å²) in [5.74, 6) is 0. The third kappa shape index (κ3) is 6.21. The molecule has 64 heavy (non-hydrogen) atoms. The van der Waals surface area contributed by atoms with Crippen LogP contribution in [0.4, 0.5) is 0 Å². The first-order chi connectivity index (χ1) is 31.6. The van der Waals surface area contributed by atoms with E-state index in [-0.39, 0.29) is 14.5 Å². The Morgan fingerprint density at radius 2 is 0.922 bits per heavy atom. The van der Waals surface area contributed by atoms with Crippen LogP contribution in [0.25, 0.3) is 109 Å². The summed E-state index contributed by atoms with van der Waals surface area (Å²) in [7, 11) is 0. The van der Waals surface area contributed by atoms with Crippen molar-refractivity contribution >= 4 is 33.8 Å². The molecule has 0 spiro atoms. The summed E-state index contributed by atoms with van der Waals surface area (Å²) in [5, 5.41) is 18.0. The Kier molecular flexibility index (Phi) is 9.37. The molecule has 0 radical (unpaired) electrons. The summed E-state index contributed by atoms with van der Waals surface area (Å²) >= 11 is 0.177. The fourth-order valence-corrected chi connectivity index (χ4v) is 12.5. The molecule has 0 bridgehead atoms. The molecule has 0 saturated carbocycles. The van der Waals surface area contributed by atoms with Crippen molar-refractivity contribution in [2.24, 2.45) is 0 Å². The van der Waals surface area contributed by atoms with Crippen molar-refractivity contribution in [3.05, 3.63) is 222 Å². The van der Waals surface area contributed by atoms with Gasteiger partial charge in [-0.25, -0.2) is 0 Å². The van der Waals surface area contributed by atoms with Gasteiger partial charge in [0.05, 0.1) is 0 Å². The van der Waals surface area contributed by atoms with Crippen LogP contribution in [0.5, 0.6) is 0 Å². The van der Waals surface area contributed by atoms with Gasteiger partial charge < -0.3 is 0 Å². The standard InChI is InChI=1S/C60H41N3Se/c1-37-35-50-44-27-13-12-25-42(44)36-51(50)54(38(37)2)59-58(47-28-15-14-26-43(47)39-19-6-3-7-20-39)60(62-63-61-59)57-46(41-23-10-5-11-24-41)34-33-45(40-21-8-4-9-22-40)56(57)49-30-18-32-53-55(49)48-29-16-17-31-52(48)64-53/h3-35H,36H2,1-2H3. The first kappa shape index (κ1) is 38.2. The van der Waals surface area contributed by atoms with E-state index in [2.05, 4.69) is 214 Å². The van der Waals surface area contributed by atoms with E-state index in [1.54, 1.807) is 0 Å². The number of aromatic nitrogens is 3.